The van der Waals surface area contributed by atoms with E-state index in [-0.39, 0.29) is 30.4 Å². The van der Waals surface area contributed by atoms with Gasteiger partial charge in [0.2, 0.25) is 0 Å². The van der Waals surface area contributed by atoms with E-state index in [1.54, 1.807) is 0 Å². The average molecular weight is 420 g/mol. The van der Waals surface area contributed by atoms with Crippen LogP contribution in [-0.4, -0.2) is 48.1 Å². The molecule has 0 bridgehead atoms. The van der Waals surface area contributed by atoms with Crippen molar-refractivity contribution < 1.29 is 28.2 Å². The Morgan fingerprint density at radius 3 is 2.40 bits per heavy atom. The molecule has 8 heteroatoms. The molecule has 2 fully saturated rings. The molecule has 3 amide bonds. The Bertz CT molecular complexity index is 795. The second kappa shape index (κ2) is 8.62. The molecule has 0 unspecified atom stereocenters. The van der Waals surface area contributed by atoms with Crippen molar-refractivity contribution >= 4 is 17.9 Å². The van der Waals surface area contributed by atoms with Crippen molar-refractivity contribution in [1.82, 2.24) is 10.2 Å². The molecule has 0 radical (unpaired) electrons. The fourth-order valence-electron chi connectivity index (χ4n) is 4.16. The number of hydrogen-bond donors (Lipinski definition) is 1. The monoisotopic (exact) mass is 420 g/mol. The Morgan fingerprint density at radius 1 is 1.17 bits per heavy atom. The van der Waals surface area contributed by atoms with Gasteiger partial charge in [0.15, 0.2) is 0 Å². The molecule has 3 rings (SSSR count). The number of benzene rings is 1. The summed E-state index contributed by atoms with van der Waals surface area (Å²) >= 11 is 0. The van der Waals surface area contributed by atoms with E-state index in [0.29, 0.717) is 24.5 Å². The molecule has 1 aliphatic heterocycles. The first-order valence-electron chi connectivity index (χ1n) is 10.3. The lowest BCUT2D eigenvalue weighted by atomic mass is 9.67. The van der Waals surface area contributed by atoms with E-state index in [1.165, 1.54) is 24.3 Å². The second-order valence-electron chi connectivity index (χ2n) is 9.07. The first kappa shape index (κ1) is 22.1. The van der Waals surface area contributed by atoms with Crippen LogP contribution in [0.15, 0.2) is 24.3 Å². The molecular formula is C22H29FN2O5. The van der Waals surface area contributed by atoms with Crippen LogP contribution in [-0.2, 0) is 14.3 Å². The Kier molecular flexibility index (Phi) is 6.33. The Hall–Kier alpha value is -2.64. The van der Waals surface area contributed by atoms with Gasteiger partial charge in [0.05, 0.1) is 0 Å². The van der Waals surface area contributed by atoms with Gasteiger partial charge in [-0.25, -0.2) is 9.18 Å². The quantitative estimate of drug-likeness (QED) is 0.434. The summed E-state index contributed by atoms with van der Waals surface area (Å²) in [7, 11) is 0. The maximum absolute atomic E-state index is 12.9. The molecule has 1 aliphatic carbocycles. The van der Waals surface area contributed by atoms with Gasteiger partial charge in [0, 0.05) is 0 Å². The summed E-state index contributed by atoms with van der Waals surface area (Å²) in [5.74, 6) is -0.449. The fraction of sp³-hybridized carbons (Fsp3) is 0.591. The van der Waals surface area contributed by atoms with Crippen LogP contribution in [0.5, 0.6) is 5.75 Å². The van der Waals surface area contributed by atoms with Gasteiger partial charge in [-0.2, -0.15) is 0 Å². The van der Waals surface area contributed by atoms with Crippen molar-refractivity contribution in [3.63, 3.8) is 0 Å². The first-order chi connectivity index (χ1) is 14.1. The highest BCUT2D eigenvalue weighted by molar-refractivity contribution is 6.08. The lowest BCUT2D eigenvalue weighted by Gasteiger charge is -2.40. The highest BCUT2D eigenvalue weighted by Gasteiger charge is 2.53. The number of carbonyl (C=O) groups is 3. The molecule has 7 nitrogen and oxygen atoms in total. The summed E-state index contributed by atoms with van der Waals surface area (Å²) in [6.45, 7) is 6.17. The van der Waals surface area contributed by atoms with Crippen LogP contribution in [0.25, 0.3) is 0 Å². The van der Waals surface area contributed by atoms with Gasteiger partial charge in [-0.3, -0.25) is 14.5 Å². The SMILES string of the molecule is CC(C)(C)C1CCC2(CC1)NC(=O)N(CC(=O)OCCOc1ccc(F)cc1)C2=O. The molecule has 1 saturated heterocycles. The molecular weight excluding hydrogens is 391 g/mol. The minimum absolute atomic E-state index is 0.0434. The molecule has 1 spiro atoms. The Morgan fingerprint density at radius 2 is 1.80 bits per heavy atom. The summed E-state index contributed by atoms with van der Waals surface area (Å²) in [4.78, 5) is 38.3. The first-order valence-corrected chi connectivity index (χ1v) is 10.3. The largest absolute Gasteiger partial charge is 0.490 e. The Labute approximate surface area is 175 Å². The molecule has 1 aromatic carbocycles. The van der Waals surface area contributed by atoms with Crippen molar-refractivity contribution in [2.45, 2.75) is 52.0 Å². The third-order valence-electron chi connectivity index (χ3n) is 6.03. The van der Waals surface area contributed by atoms with Gasteiger partial charge in [0.1, 0.15) is 36.9 Å². The average Bonchev–Trinajstić information content (AvgIpc) is 2.90. The van der Waals surface area contributed by atoms with Crippen molar-refractivity contribution in [2.75, 3.05) is 19.8 Å². The highest BCUT2D eigenvalue weighted by atomic mass is 19.1. The van der Waals surface area contributed by atoms with E-state index < -0.39 is 24.1 Å². The number of ether oxygens (including phenoxy) is 2. The molecule has 164 valence electrons. The lowest BCUT2D eigenvalue weighted by Crippen LogP contribution is -2.50. The predicted octanol–water partition coefficient (Wildman–Crippen LogP) is 3.27. The smallest absolute Gasteiger partial charge is 0.326 e. The highest BCUT2D eigenvalue weighted by Crippen LogP contribution is 2.43. The van der Waals surface area contributed by atoms with Gasteiger partial charge in [-0.05, 0) is 61.3 Å². The van der Waals surface area contributed by atoms with Crippen LogP contribution in [0.1, 0.15) is 46.5 Å². The summed E-state index contributed by atoms with van der Waals surface area (Å²) in [6.07, 6.45) is 2.87. The van der Waals surface area contributed by atoms with Crippen LogP contribution in [0.4, 0.5) is 9.18 Å². The van der Waals surface area contributed by atoms with Crippen LogP contribution in [0.2, 0.25) is 0 Å². The van der Waals surface area contributed by atoms with Gasteiger partial charge in [0.25, 0.3) is 5.91 Å². The van der Waals surface area contributed by atoms with Crippen LogP contribution < -0.4 is 10.1 Å². The molecule has 0 atom stereocenters. The van der Waals surface area contributed by atoms with E-state index in [9.17, 15) is 18.8 Å². The molecule has 1 saturated carbocycles. The maximum atomic E-state index is 12.9. The number of esters is 1. The minimum atomic E-state index is -0.898. The third-order valence-corrected chi connectivity index (χ3v) is 6.03. The van der Waals surface area contributed by atoms with Crippen molar-refractivity contribution in [3.05, 3.63) is 30.1 Å². The molecule has 0 aromatic heterocycles. The van der Waals surface area contributed by atoms with E-state index in [0.717, 1.165) is 17.7 Å². The molecule has 1 N–H and O–H groups in total. The molecule has 1 heterocycles. The zero-order valence-electron chi connectivity index (χ0n) is 17.7. The summed E-state index contributed by atoms with van der Waals surface area (Å²) in [5, 5.41) is 2.81. The predicted molar refractivity (Wildman–Crippen MR) is 107 cm³/mol. The standard InChI is InChI=1S/C22H29FN2O5/c1-21(2,3)15-8-10-22(11-9-15)19(27)25(20(28)24-22)14-18(26)30-13-12-29-17-6-4-16(23)5-7-17/h4-7,15H,8-14H2,1-3H3,(H,24,28). The maximum Gasteiger partial charge on any atom is 0.326 e. The molecule has 30 heavy (non-hydrogen) atoms. The normalized spacial score (nSPS) is 24.1. The number of imide groups is 1. The number of halogens is 1. The molecule has 1 aromatic rings. The van der Waals surface area contributed by atoms with E-state index in [1.807, 2.05) is 0 Å². The second-order valence-corrected chi connectivity index (χ2v) is 9.07. The zero-order chi connectivity index (χ0) is 21.9. The number of nitrogens with one attached hydrogen (secondary N) is 1. The lowest BCUT2D eigenvalue weighted by molar-refractivity contribution is -0.148. The van der Waals surface area contributed by atoms with Gasteiger partial charge in [-0.1, -0.05) is 20.8 Å². The van der Waals surface area contributed by atoms with Gasteiger partial charge in [-0.15, -0.1) is 0 Å². The van der Waals surface area contributed by atoms with Crippen molar-refractivity contribution in [1.29, 1.82) is 0 Å². The number of nitrogens with zero attached hydrogens (tertiary/aromatic N) is 1. The Balaban J connectivity index is 1.46. The zero-order valence-corrected chi connectivity index (χ0v) is 17.7. The number of amides is 3. The fourth-order valence-corrected chi connectivity index (χ4v) is 4.16. The van der Waals surface area contributed by atoms with Crippen LogP contribution in [0.3, 0.4) is 0 Å². The molecule has 2 aliphatic rings. The van der Waals surface area contributed by atoms with Crippen molar-refractivity contribution in [3.8, 4) is 5.75 Å². The third kappa shape index (κ3) is 4.91. The topological polar surface area (TPSA) is 84.9 Å². The number of urea groups is 1. The van der Waals surface area contributed by atoms with E-state index >= 15 is 0 Å². The number of hydrogen-bond acceptors (Lipinski definition) is 5. The van der Waals surface area contributed by atoms with Crippen LogP contribution >= 0.6 is 0 Å². The van der Waals surface area contributed by atoms with E-state index in [4.69, 9.17) is 9.47 Å². The number of rotatable bonds is 6. The van der Waals surface area contributed by atoms with Gasteiger partial charge < -0.3 is 14.8 Å². The summed E-state index contributed by atoms with van der Waals surface area (Å²) < 4.78 is 23.3. The van der Waals surface area contributed by atoms with Crippen molar-refractivity contribution in [2.24, 2.45) is 11.3 Å². The van der Waals surface area contributed by atoms with Crippen LogP contribution in [0, 0.1) is 17.2 Å². The minimum Gasteiger partial charge on any atom is -0.490 e. The summed E-state index contributed by atoms with van der Waals surface area (Å²) in [6, 6.07) is 4.93. The van der Waals surface area contributed by atoms with E-state index in [2.05, 4.69) is 26.1 Å². The number of carbonyl (C=O) groups excluding carboxylic acids is 3. The summed E-state index contributed by atoms with van der Waals surface area (Å²) in [5.41, 5.74) is -0.739. The van der Waals surface area contributed by atoms with Gasteiger partial charge >= 0.3 is 12.0 Å².